The van der Waals surface area contributed by atoms with Crippen molar-refractivity contribution in [1.82, 2.24) is 15.6 Å². The number of nitrogens with zero attached hydrogens (tertiary/aromatic N) is 2. The molecule has 25 heavy (non-hydrogen) atoms. The first-order chi connectivity index (χ1) is 12.3. The van der Waals surface area contributed by atoms with Crippen LogP contribution in [0.4, 0.5) is 4.39 Å². The van der Waals surface area contributed by atoms with Gasteiger partial charge < -0.3 is 10.6 Å². The first-order valence-electron chi connectivity index (χ1n) is 8.36. The van der Waals surface area contributed by atoms with E-state index >= 15 is 0 Å². The van der Waals surface area contributed by atoms with E-state index in [2.05, 4.69) is 32.7 Å². The largest absolute Gasteiger partial charge is 0.357 e. The molecule has 5 heteroatoms. The van der Waals surface area contributed by atoms with Crippen LogP contribution in [0.5, 0.6) is 0 Å². The van der Waals surface area contributed by atoms with Crippen molar-refractivity contribution in [2.75, 3.05) is 6.54 Å². The lowest BCUT2D eigenvalue weighted by Crippen LogP contribution is -2.37. The van der Waals surface area contributed by atoms with Crippen molar-refractivity contribution in [3.8, 4) is 0 Å². The van der Waals surface area contributed by atoms with Gasteiger partial charge in [0, 0.05) is 23.7 Å². The SMILES string of the molecule is CCNC(=NCc1ccccc1F)NCc1nccc2ccccc12. The molecule has 0 aliphatic rings. The van der Waals surface area contributed by atoms with Crippen molar-refractivity contribution in [1.29, 1.82) is 0 Å². The van der Waals surface area contributed by atoms with Gasteiger partial charge >= 0.3 is 0 Å². The molecule has 128 valence electrons. The minimum Gasteiger partial charge on any atom is -0.357 e. The number of fused-ring (bicyclic) bond motifs is 1. The minimum absolute atomic E-state index is 0.238. The van der Waals surface area contributed by atoms with Crippen LogP contribution in [0.25, 0.3) is 10.8 Å². The summed E-state index contributed by atoms with van der Waals surface area (Å²) in [5, 5.41) is 8.72. The van der Waals surface area contributed by atoms with Gasteiger partial charge in [0.05, 0.1) is 18.8 Å². The molecule has 3 aromatic rings. The third kappa shape index (κ3) is 4.32. The maximum atomic E-state index is 13.7. The van der Waals surface area contributed by atoms with Crippen LogP contribution in [-0.2, 0) is 13.1 Å². The van der Waals surface area contributed by atoms with Crippen molar-refractivity contribution in [3.05, 3.63) is 77.9 Å². The van der Waals surface area contributed by atoms with Crippen molar-refractivity contribution < 1.29 is 4.39 Å². The van der Waals surface area contributed by atoms with Crippen molar-refractivity contribution in [2.45, 2.75) is 20.0 Å². The molecule has 1 aromatic heterocycles. The molecular weight excluding hydrogens is 315 g/mol. The molecule has 0 atom stereocenters. The minimum atomic E-state index is -0.238. The highest BCUT2D eigenvalue weighted by Crippen LogP contribution is 2.16. The van der Waals surface area contributed by atoms with Crippen LogP contribution in [0.2, 0.25) is 0 Å². The number of nitrogens with one attached hydrogen (secondary N) is 2. The van der Waals surface area contributed by atoms with Gasteiger partial charge in [-0.15, -0.1) is 0 Å². The third-order valence-corrected chi connectivity index (χ3v) is 3.89. The zero-order chi connectivity index (χ0) is 17.5. The van der Waals surface area contributed by atoms with Gasteiger partial charge in [-0.05, 0) is 24.4 Å². The van der Waals surface area contributed by atoms with E-state index in [4.69, 9.17) is 0 Å². The quantitative estimate of drug-likeness (QED) is 0.552. The number of rotatable bonds is 5. The topological polar surface area (TPSA) is 49.3 Å². The fourth-order valence-electron chi connectivity index (χ4n) is 2.62. The number of hydrogen-bond donors (Lipinski definition) is 2. The Labute approximate surface area is 146 Å². The fourth-order valence-corrected chi connectivity index (χ4v) is 2.62. The normalized spacial score (nSPS) is 11.5. The monoisotopic (exact) mass is 336 g/mol. The lowest BCUT2D eigenvalue weighted by molar-refractivity contribution is 0.610. The molecule has 0 saturated heterocycles. The molecule has 0 aliphatic heterocycles. The second-order valence-electron chi connectivity index (χ2n) is 5.62. The standard InChI is InChI=1S/C20H21FN4/c1-2-22-20(24-13-16-8-4-6-10-18(16)21)25-14-19-17-9-5-3-7-15(17)11-12-23-19/h3-12H,2,13-14H2,1H3,(H2,22,24,25). The Morgan fingerprint density at radius 2 is 1.84 bits per heavy atom. The second-order valence-corrected chi connectivity index (χ2v) is 5.62. The van der Waals surface area contributed by atoms with Crippen LogP contribution in [0.15, 0.2) is 65.8 Å². The molecular formula is C20H21FN4. The molecule has 0 amide bonds. The van der Waals surface area contributed by atoms with E-state index in [0.717, 1.165) is 23.0 Å². The Morgan fingerprint density at radius 1 is 1.04 bits per heavy atom. The number of benzene rings is 2. The van der Waals surface area contributed by atoms with Gasteiger partial charge in [-0.3, -0.25) is 4.98 Å². The maximum Gasteiger partial charge on any atom is 0.191 e. The summed E-state index contributed by atoms with van der Waals surface area (Å²) in [6.07, 6.45) is 1.81. The van der Waals surface area contributed by atoms with Crippen molar-refractivity contribution in [2.24, 2.45) is 4.99 Å². The predicted octanol–water partition coefficient (Wildman–Crippen LogP) is 3.63. The first-order valence-corrected chi connectivity index (χ1v) is 8.36. The smallest absolute Gasteiger partial charge is 0.191 e. The third-order valence-electron chi connectivity index (χ3n) is 3.89. The zero-order valence-electron chi connectivity index (χ0n) is 14.2. The van der Waals surface area contributed by atoms with Gasteiger partial charge in [0.15, 0.2) is 5.96 Å². The molecule has 3 rings (SSSR count). The van der Waals surface area contributed by atoms with Gasteiger partial charge in [-0.1, -0.05) is 42.5 Å². The number of halogens is 1. The lowest BCUT2D eigenvalue weighted by atomic mass is 10.1. The van der Waals surface area contributed by atoms with Crippen LogP contribution in [0.1, 0.15) is 18.2 Å². The van der Waals surface area contributed by atoms with Gasteiger partial charge in [-0.25, -0.2) is 9.38 Å². The van der Waals surface area contributed by atoms with E-state index in [9.17, 15) is 4.39 Å². The van der Waals surface area contributed by atoms with Crippen LogP contribution in [0, 0.1) is 5.82 Å². The van der Waals surface area contributed by atoms with E-state index in [1.165, 1.54) is 6.07 Å². The van der Waals surface area contributed by atoms with Gasteiger partial charge in [0.1, 0.15) is 5.82 Å². The highest BCUT2D eigenvalue weighted by molar-refractivity contribution is 5.85. The van der Waals surface area contributed by atoms with Crippen LogP contribution < -0.4 is 10.6 Å². The zero-order valence-corrected chi connectivity index (χ0v) is 14.2. The van der Waals surface area contributed by atoms with Crippen LogP contribution in [0.3, 0.4) is 0 Å². The molecule has 0 spiro atoms. The Hall–Kier alpha value is -2.95. The van der Waals surface area contributed by atoms with Crippen LogP contribution >= 0.6 is 0 Å². The first kappa shape index (κ1) is 16.9. The fraction of sp³-hybridized carbons (Fsp3) is 0.200. The summed E-state index contributed by atoms with van der Waals surface area (Å²) in [5.41, 5.74) is 1.53. The molecule has 0 radical (unpaired) electrons. The second kappa shape index (κ2) is 8.24. The summed E-state index contributed by atoms with van der Waals surface area (Å²) in [4.78, 5) is 8.93. The molecule has 0 bridgehead atoms. The molecule has 2 N–H and O–H groups in total. The highest BCUT2D eigenvalue weighted by Gasteiger charge is 2.05. The van der Waals surface area contributed by atoms with E-state index in [1.54, 1.807) is 12.1 Å². The van der Waals surface area contributed by atoms with Crippen molar-refractivity contribution >= 4 is 16.7 Å². The summed E-state index contributed by atoms with van der Waals surface area (Å²) in [6.45, 7) is 3.55. The Morgan fingerprint density at radius 3 is 2.68 bits per heavy atom. The van der Waals surface area contributed by atoms with Gasteiger partial charge in [0.2, 0.25) is 0 Å². The summed E-state index contributed by atoms with van der Waals surface area (Å²) in [7, 11) is 0. The molecule has 1 heterocycles. The van der Waals surface area contributed by atoms with E-state index < -0.39 is 0 Å². The number of guanidine groups is 1. The van der Waals surface area contributed by atoms with Crippen molar-refractivity contribution in [3.63, 3.8) is 0 Å². The summed E-state index contributed by atoms with van der Waals surface area (Å²) < 4.78 is 13.7. The number of aromatic nitrogens is 1. The lowest BCUT2D eigenvalue weighted by Gasteiger charge is -2.12. The maximum absolute atomic E-state index is 13.7. The average Bonchev–Trinajstić information content (AvgIpc) is 2.65. The molecule has 0 fully saturated rings. The Bertz CT molecular complexity index is 871. The molecule has 4 nitrogen and oxygen atoms in total. The summed E-state index contributed by atoms with van der Waals surface area (Å²) >= 11 is 0. The van der Waals surface area contributed by atoms with Crippen LogP contribution in [-0.4, -0.2) is 17.5 Å². The predicted molar refractivity (Wildman–Crippen MR) is 99.8 cm³/mol. The Balaban J connectivity index is 1.73. The van der Waals surface area contributed by atoms with Gasteiger partial charge in [0.25, 0.3) is 0 Å². The van der Waals surface area contributed by atoms with E-state index in [-0.39, 0.29) is 12.4 Å². The number of pyridine rings is 1. The molecule has 0 aliphatic carbocycles. The summed E-state index contributed by atoms with van der Waals surface area (Å²) in [6, 6.07) is 16.8. The van der Waals surface area contributed by atoms with Gasteiger partial charge in [-0.2, -0.15) is 0 Å². The number of aliphatic imine (C=N–C) groups is 1. The molecule has 0 saturated carbocycles. The summed E-state index contributed by atoms with van der Waals surface area (Å²) in [5.74, 6) is 0.401. The highest BCUT2D eigenvalue weighted by atomic mass is 19.1. The van der Waals surface area contributed by atoms with E-state index in [1.807, 2.05) is 37.4 Å². The average molecular weight is 336 g/mol. The molecule has 0 unspecified atom stereocenters. The molecule has 2 aromatic carbocycles. The number of hydrogen-bond acceptors (Lipinski definition) is 2. The van der Waals surface area contributed by atoms with E-state index in [0.29, 0.717) is 18.1 Å². The Kier molecular flexibility index (Phi) is 5.57.